The number of nitrogens with zero attached hydrogens (tertiary/aromatic N) is 3. The molecule has 1 aromatic heterocycles. The standard InChI is InChI=1S/C16H22N4/c1-3-8-19-12-17-10-14(19)11-20-13(2)9-18-15-6-4-5-7-16(15)20/h4-7,10,12-13,18H,3,8-9,11H2,1-2H3. The van der Waals surface area contributed by atoms with Crippen molar-refractivity contribution in [3.05, 3.63) is 42.5 Å². The highest BCUT2D eigenvalue weighted by molar-refractivity contribution is 5.72. The number of aromatic nitrogens is 2. The first kappa shape index (κ1) is 13.0. The molecule has 0 bridgehead atoms. The normalized spacial score (nSPS) is 17.7. The van der Waals surface area contributed by atoms with E-state index in [1.165, 1.54) is 17.1 Å². The van der Waals surface area contributed by atoms with Crippen molar-refractivity contribution in [2.75, 3.05) is 16.8 Å². The molecule has 1 aromatic carbocycles. The molecule has 1 N–H and O–H groups in total. The van der Waals surface area contributed by atoms with Crippen molar-refractivity contribution in [3.63, 3.8) is 0 Å². The van der Waals surface area contributed by atoms with E-state index in [2.05, 4.69) is 57.9 Å². The Kier molecular flexibility index (Phi) is 3.63. The Morgan fingerprint density at radius 1 is 1.35 bits per heavy atom. The summed E-state index contributed by atoms with van der Waals surface area (Å²) >= 11 is 0. The molecule has 0 fully saturated rings. The summed E-state index contributed by atoms with van der Waals surface area (Å²) in [5, 5.41) is 3.50. The first-order chi connectivity index (χ1) is 9.79. The fourth-order valence-corrected chi connectivity index (χ4v) is 2.82. The van der Waals surface area contributed by atoms with Gasteiger partial charge in [0.2, 0.25) is 0 Å². The largest absolute Gasteiger partial charge is 0.381 e. The van der Waals surface area contributed by atoms with E-state index < -0.39 is 0 Å². The molecule has 1 aliphatic rings. The molecule has 0 saturated heterocycles. The molecule has 106 valence electrons. The molecule has 20 heavy (non-hydrogen) atoms. The van der Waals surface area contributed by atoms with E-state index in [9.17, 15) is 0 Å². The number of fused-ring (bicyclic) bond motifs is 1. The van der Waals surface area contributed by atoms with Gasteiger partial charge >= 0.3 is 0 Å². The lowest BCUT2D eigenvalue weighted by molar-refractivity contribution is 0.593. The fraction of sp³-hybridized carbons (Fsp3) is 0.438. The molecule has 0 saturated carbocycles. The summed E-state index contributed by atoms with van der Waals surface area (Å²) in [6.45, 7) is 7.41. The summed E-state index contributed by atoms with van der Waals surface area (Å²) in [5.41, 5.74) is 3.80. The minimum atomic E-state index is 0.481. The van der Waals surface area contributed by atoms with Crippen LogP contribution < -0.4 is 10.2 Å². The summed E-state index contributed by atoms with van der Waals surface area (Å²) in [7, 11) is 0. The number of hydrogen-bond acceptors (Lipinski definition) is 3. The van der Waals surface area contributed by atoms with Gasteiger partial charge in [-0.25, -0.2) is 4.98 Å². The Hall–Kier alpha value is -1.97. The highest BCUT2D eigenvalue weighted by Gasteiger charge is 2.23. The maximum absolute atomic E-state index is 4.31. The van der Waals surface area contributed by atoms with Gasteiger partial charge in [-0.1, -0.05) is 19.1 Å². The molecule has 0 aliphatic carbocycles. The lowest BCUT2D eigenvalue weighted by Gasteiger charge is -2.37. The number of imidazole rings is 1. The van der Waals surface area contributed by atoms with E-state index in [-0.39, 0.29) is 0 Å². The van der Waals surface area contributed by atoms with E-state index in [1.54, 1.807) is 0 Å². The van der Waals surface area contributed by atoms with Crippen molar-refractivity contribution in [2.24, 2.45) is 0 Å². The van der Waals surface area contributed by atoms with Crippen LogP contribution in [0.4, 0.5) is 11.4 Å². The molecule has 2 heterocycles. The second-order valence-electron chi connectivity index (χ2n) is 5.45. The van der Waals surface area contributed by atoms with Crippen LogP contribution in [0.5, 0.6) is 0 Å². The first-order valence-corrected chi connectivity index (χ1v) is 7.38. The van der Waals surface area contributed by atoms with Crippen LogP contribution in [0.1, 0.15) is 26.0 Å². The van der Waals surface area contributed by atoms with Gasteiger partial charge in [0.1, 0.15) is 0 Å². The number of benzene rings is 1. The molecule has 0 radical (unpaired) electrons. The maximum atomic E-state index is 4.31. The van der Waals surface area contributed by atoms with E-state index in [1.807, 2.05) is 12.5 Å². The monoisotopic (exact) mass is 270 g/mol. The summed E-state index contributed by atoms with van der Waals surface area (Å²) in [6.07, 6.45) is 5.07. The topological polar surface area (TPSA) is 33.1 Å². The van der Waals surface area contributed by atoms with Gasteiger partial charge in [-0.3, -0.25) is 0 Å². The van der Waals surface area contributed by atoms with Crippen LogP contribution in [-0.4, -0.2) is 22.1 Å². The lowest BCUT2D eigenvalue weighted by Crippen LogP contribution is -2.41. The van der Waals surface area contributed by atoms with Gasteiger partial charge in [0, 0.05) is 25.3 Å². The zero-order valence-corrected chi connectivity index (χ0v) is 12.2. The van der Waals surface area contributed by atoms with E-state index in [0.29, 0.717) is 6.04 Å². The van der Waals surface area contributed by atoms with Crippen LogP contribution in [0.2, 0.25) is 0 Å². The average molecular weight is 270 g/mol. The summed E-state index contributed by atoms with van der Waals surface area (Å²) < 4.78 is 2.26. The molecule has 4 nitrogen and oxygen atoms in total. The Morgan fingerprint density at radius 3 is 3.05 bits per heavy atom. The smallest absolute Gasteiger partial charge is 0.0948 e. The van der Waals surface area contributed by atoms with Gasteiger partial charge < -0.3 is 14.8 Å². The molecule has 1 atom stereocenters. The zero-order valence-electron chi connectivity index (χ0n) is 12.2. The average Bonchev–Trinajstić information content (AvgIpc) is 2.90. The third kappa shape index (κ3) is 2.38. The SMILES string of the molecule is CCCn1cncc1CN1c2ccccc2NCC1C. The predicted octanol–water partition coefficient (Wildman–Crippen LogP) is 3.11. The van der Waals surface area contributed by atoms with Crippen molar-refractivity contribution < 1.29 is 0 Å². The second-order valence-corrected chi connectivity index (χ2v) is 5.45. The fourth-order valence-electron chi connectivity index (χ4n) is 2.82. The number of anilines is 2. The Morgan fingerprint density at radius 2 is 2.20 bits per heavy atom. The van der Waals surface area contributed by atoms with Crippen LogP contribution in [0.3, 0.4) is 0 Å². The molecule has 0 spiro atoms. The van der Waals surface area contributed by atoms with Gasteiger partial charge in [-0.2, -0.15) is 0 Å². The number of aryl methyl sites for hydroxylation is 1. The Bertz CT molecular complexity index is 575. The van der Waals surface area contributed by atoms with E-state index in [4.69, 9.17) is 0 Å². The van der Waals surface area contributed by atoms with Gasteiger partial charge in [-0.05, 0) is 25.5 Å². The van der Waals surface area contributed by atoms with E-state index >= 15 is 0 Å². The highest BCUT2D eigenvalue weighted by atomic mass is 15.2. The number of nitrogens with one attached hydrogen (secondary N) is 1. The lowest BCUT2D eigenvalue weighted by atomic mass is 10.1. The highest BCUT2D eigenvalue weighted by Crippen LogP contribution is 2.32. The van der Waals surface area contributed by atoms with Crippen molar-refractivity contribution in [1.29, 1.82) is 0 Å². The number of para-hydroxylation sites is 2. The quantitative estimate of drug-likeness (QED) is 0.926. The molecule has 1 aliphatic heterocycles. The molecular weight excluding hydrogens is 248 g/mol. The van der Waals surface area contributed by atoms with E-state index in [0.717, 1.165) is 26.1 Å². The third-order valence-corrected chi connectivity index (χ3v) is 3.93. The number of rotatable bonds is 4. The van der Waals surface area contributed by atoms with Crippen LogP contribution in [0.15, 0.2) is 36.8 Å². The summed E-state index contributed by atoms with van der Waals surface area (Å²) in [4.78, 5) is 6.78. The van der Waals surface area contributed by atoms with Crippen molar-refractivity contribution >= 4 is 11.4 Å². The number of hydrogen-bond donors (Lipinski definition) is 1. The molecule has 2 aromatic rings. The van der Waals surface area contributed by atoms with Gasteiger partial charge in [0.05, 0.1) is 29.9 Å². The molecule has 0 amide bonds. The molecular formula is C16H22N4. The molecule has 4 heteroatoms. The Balaban J connectivity index is 1.88. The maximum Gasteiger partial charge on any atom is 0.0948 e. The van der Waals surface area contributed by atoms with Crippen LogP contribution in [0.25, 0.3) is 0 Å². The summed E-state index contributed by atoms with van der Waals surface area (Å²) in [6, 6.07) is 9.02. The van der Waals surface area contributed by atoms with Gasteiger partial charge in [-0.15, -0.1) is 0 Å². The van der Waals surface area contributed by atoms with Gasteiger partial charge in [0.25, 0.3) is 0 Å². The van der Waals surface area contributed by atoms with Crippen LogP contribution >= 0.6 is 0 Å². The predicted molar refractivity (Wildman–Crippen MR) is 83.1 cm³/mol. The molecule has 3 rings (SSSR count). The minimum absolute atomic E-state index is 0.481. The van der Waals surface area contributed by atoms with Crippen molar-refractivity contribution in [1.82, 2.24) is 9.55 Å². The van der Waals surface area contributed by atoms with Crippen molar-refractivity contribution in [2.45, 2.75) is 39.4 Å². The van der Waals surface area contributed by atoms with Gasteiger partial charge in [0.15, 0.2) is 0 Å². The Labute approximate surface area is 120 Å². The third-order valence-electron chi connectivity index (χ3n) is 3.93. The van der Waals surface area contributed by atoms with Crippen LogP contribution in [0, 0.1) is 0 Å². The summed E-state index contributed by atoms with van der Waals surface area (Å²) in [5.74, 6) is 0. The molecule has 1 unspecified atom stereocenters. The first-order valence-electron chi connectivity index (χ1n) is 7.38. The zero-order chi connectivity index (χ0) is 13.9. The van der Waals surface area contributed by atoms with Crippen LogP contribution in [-0.2, 0) is 13.1 Å². The second kappa shape index (κ2) is 5.57. The van der Waals surface area contributed by atoms with Crippen molar-refractivity contribution in [3.8, 4) is 0 Å². The minimum Gasteiger partial charge on any atom is -0.381 e.